The largest absolute Gasteiger partial charge is 0.549 e. The summed E-state index contributed by atoms with van der Waals surface area (Å²) in [5.74, 6) is 1.50. The summed E-state index contributed by atoms with van der Waals surface area (Å²) in [5.41, 5.74) is 7.01. The van der Waals surface area contributed by atoms with Gasteiger partial charge in [-0.3, -0.25) is 4.98 Å². The van der Waals surface area contributed by atoms with E-state index in [1.807, 2.05) is 0 Å². The Bertz CT molecular complexity index is 775. The van der Waals surface area contributed by atoms with Crippen LogP contribution in [0, 0.1) is 0 Å². The van der Waals surface area contributed by atoms with Gasteiger partial charge in [-0.15, -0.1) is 0 Å². The number of nitrogen functional groups attached to an aromatic ring is 1. The summed E-state index contributed by atoms with van der Waals surface area (Å²) in [4.78, 5) is 17.2. The van der Waals surface area contributed by atoms with Crippen molar-refractivity contribution in [2.45, 2.75) is 5.62 Å². The zero-order valence-electron chi connectivity index (χ0n) is 11.8. The van der Waals surface area contributed by atoms with E-state index in [-0.39, 0.29) is 0 Å². The molecule has 0 aliphatic carbocycles. The molecule has 4 rings (SSSR count). The molecule has 0 bridgehead atoms. The second-order valence-electron chi connectivity index (χ2n) is 4.95. The van der Waals surface area contributed by atoms with E-state index in [1.165, 1.54) is 0 Å². The quantitative estimate of drug-likeness (QED) is 0.589. The van der Waals surface area contributed by atoms with Crippen LogP contribution in [0.3, 0.4) is 0 Å². The molecular weight excluding hydrogens is 284 g/mol. The van der Waals surface area contributed by atoms with Crippen molar-refractivity contribution in [3.8, 4) is 17.1 Å². The topological polar surface area (TPSA) is 111 Å². The fraction of sp³-hybridized carbons (Fsp3) is 0.167. The Balaban J connectivity index is 1.82. The number of hydrogen-bond donors (Lipinski definition) is 1. The molecule has 10 heteroatoms. The lowest BCUT2D eigenvalue weighted by Crippen LogP contribution is -2.14. The molecule has 0 amide bonds. The van der Waals surface area contributed by atoms with Crippen LogP contribution in [0.1, 0.15) is 5.82 Å². The molecule has 2 aromatic rings. The van der Waals surface area contributed by atoms with Crippen LogP contribution in [-0.4, -0.2) is 42.8 Å². The maximum atomic E-state index is 5.97. The van der Waals surface area contributed by atoms with Gasteiger partial charge in [-0.2, -0.15) is 4.98 Å². The van der Waals surface area contributed by atoms with E-state index < -0.39 is 5.62 Å². The fourth-order valence-corrected chi connectivity index (χ4v) is 2.09. The summed E-state index contributed by atoms with van der Waals surface area (Å²) in [6, 6.07) is 3.50. The van der Waals surface area contributed by atoms with Crippen molar-refractivity contribution in [2.75, 3.05) is 12.8 Å². The Labute approximate surface area is 127 Å². The lowest BCUT2D eigenvalue weighted by molar-refractivity contribution is 0.312. The molecule has 0 aromatic carbocycles. The van der Waals surface area contributed by atoms with E-state index in [1.54, 1.807) is 31.6 Å². The lowest BCUT2D eigenvalue weighted by atomic mass is 9.95. The van der Waals surface area contributed by atoms with Gasteiger partial charge in [-0.05, 0) is 6.07 Å². The van der Waals surface area contributed by atoms with Crippen LogP contribution >= 0.6 is 0 Å². The van der Waals surface area contributed by atoms with Crippen LogP contribution in [0.2, 0.25) is 0 Å². The van der Waals surface area contributed by atoms with E-state index in [4.69, 9.17) is 19.8 Å². The van der Waals surface area contributed by atoms with Gasteiger partial charge in [-0.25, -0.2) is 9.98 Å². The minimum absolute atomic E-state index is 0.415. The number of anilines is 1. The molecule has 2 N–H and O–H groups in total. The van der Waals surface area contributed by atoms with Gasteiger partial charge in [0.05, 0.1) is 24.7 Å². The van der Waals surface area contributed by atoms with Gasteiger partial charge in [0.15, 0.2) is 11.6 Å². The molecule has 22 heavy (non-hydrogen) atoms. The van der Waals surface area contributed by atoms with E-state index >= 15 is 0 Å². The molecule has 4 heterocycles. The van der Waals surface area contributed by atoms with Gasteiger partial charge >= 0.3 is 15.0 Å². The van der Waals surface area contributed by atoms with Crippen LogP contribution in [-0.2, 0) is 14.9 Å². The van der Waals surface area contributed by atoms with Crippen molar-refractivity contribution in [1.82, 2.24) is 15.0 Å². The minimum atomic E-state index is -0.864. The van der Waals surface area contributed by atoms with Crippen molar-refractivity contribution in [3.63, 3.8) is 0 Å². The summed E-state index contributed by atoms with van der Waals surface area (Å²) in [6.45, 7) is 0. The number of aromatic nitrogens is 3. The monoisotopic (exact) mass is 295 g/mol. The van der Waals surface area contributed by atoms with E-state index in [9.17, 15) is 0 Å². The first kappa shape index (κ1) is 13.1. The highest BCUT2D eigenvalue weighted by molar-refractivity contribution is 6.83. The minimum Gasteiger partial charge on any atom is -0.549 e. The predicted molar refractivity (Wildman–Crippen MR) is 81.8 cm³/mol. The third-order valence-electron chi connectivity index (χ3n) is 3.39. The molecule has 2 aromatic heterocycles. The zero-order valence-corrected chi connectivity index (χ0v) is 11.8. The van der Waals surface area contributed by atoms with Crippen LogP contribution in [0.25, 0.3) is 11.3 Å². The highest BCUT2D eigenvalue weighted by atomic mass is 16.6. The molecule has 2 saturated heterocycles. The summed E-state index contributed by atoms with van der Waals surface area (Å²) < 4.78 is 15.8. The third-order valence-corrected chi connectivity index (χ3v) is 3.39. The van der Waals surface area contributed by atoms with Crippen molar-refractivity contribution in [1.29, 1.82) is 0 Å². The van der Waals surface area contributed by atoms with E-state index in [0.717, 1.165) is 5.56 Å². The zero-order chi connectivity index (χ0) is 15.2. The van der Waals surface area contributed by atoms with Crippen molar-refractivity contribution in [2.24, 2.45) is 4.99 Å². The van der Waals surface area contributed by atoms with E-state index in [0.29, 0.717) is 43.8 Å². The number of pyridine rings is 1. The van der Waals surface area contributed by atoms with Crippen molar-refractivity contribution in [3.05, 3.63) is 30.4 Å². The highest BCUT2D eigenvalue weighted by Gasteiger charge is 2.53. The number of nitrogens with two attached hydrogens (primary N) is 1. The van der Waals surface area contributed by atoms with Gasteiger partial charge < -0.3 is 19.8 Å². The van der Waals surface area contributed by atoms with E-state index in [2.05, 4.69) is 19.9 Å². The molecule has 2 fully saturated rings. The maximum absolute atomic E-state index is 5.97. The number of aliphatic imine (C=N–C) groups is 1. The highest BCUT2D eigenvalue weighted by Crippen LogP contribution is 2.38. The average Bonchev–Trinajstić information content (AvgIpc) is 3.46. The Kier molecular flexibility index (Phi) is 2.80. The summed E-state index contributed by atoms with van der Waals surface area (Å²) in [6.07, 6.45) is 3.23. The smallest absolute Gasteiger partial charge is 0.434 e. The Hall–Kier alpha value is -2.61. The van der Waals surface area contributed by atoms with Gasteiger partial charge in [0, 0.05) is 17.8 Å². The first-order chi connectivity index (χ1) is 10.7. The Morgan fingerprint density at radius 1 is 1.41 bits per heavy atom. The SMILES string of the molecule is COc1cc(-c2ccncc2N)nc(C2(/N=C3\BO3)BO2)n1. The summed E-state index contributed by atoms with van der Waals surface area (Å²) in [7, 11) is 2.49. The number of hydrogen-bond acceptors (Lipinski definition) is 8. The molecule has 108 valence electrons. The third kappa shape index (κ3) is 2.27. The second kappa shape index (κ2) is 4.70. The molecule has 1 unspecified atom stereocenters. The number of methoxy groups -OCH3 is 1. The lowest BCUT2D eigenvalue weighted by Gasteiger charge is -2.11. The first-order valence-corrected chi connectivity index (χ1v) is 6.69. The number of rotatable bonds is 4. The normalized spacial score (nSPS) is 23.2. The van der Waals surface area contributed by atoms with Gasteiger partial charge in [0.25, 0.3) is 0 Å². The maximum Gasteiger partial charge on any atom is 0.434 e. The molecule has 8 nitrogen and oxygen atoms in total. The molecule has 0 saturated carbocycles. The summed E-state index contributed by atoms with van der Waals surface area (Å²) >= 11 is 0. The molecule has 2 aliphatic heterocycles. The summed E-state index contributed by atoms with van der Waals surface area (Å²) in [5, 5.41) is 0. The predicted octanol–water partition coefficient (Wildman–Crippen LogP) is -0.641. The number of ether oxygens (including phenoxy) is 1. The molecule has 2 aliphatic rings. The number of nitrogens with zero attached hydrogens (tertiary/aromatic N) is 4. The standard InChI is InChI=1S/C12H11B2N5O3/c1-20-9-4-8(6-2-3-16-5-7(6)15)17-10(18-9)12(14-22-12)19-11-13-21-11/h2-5,13-14H,15H2,1H3/b19-11+. The molecular formula is C12H11B2N5O3. The van der Waals surface area contributed by atoms with Crippen molar-refractivity contribution >= 4 is 26.4 Å². The van der Waals surface area contributed by atoms with Crippen LogP contribution in [0.15, 0.2) is 29.5 Å². The first-order valence-electron chi connectivity index (χ1n) is 6.69. The Morgan fingerprint density at radius 2 is 2.23 bits per heavy atom. The fourth-order valence-electron chi connectivity index (χ4n) is 2.09. The second-order valence-corrected chi connectivity index (χ2v) is 4.95. The van der Waals surface area contributed by atoms with Crippen LogP contribution in [0.5, 0.6) is 5.88 Å². The van der Waals surface area contributed by atoms with Gasteiger partial charge in [0.1, 0.15) is 0 Å². The van der Waals surface area contributed by atoms with Crippen LogP contribution in [0.4, 0.5) is 5.69 Å². The molecule has 0 radical (unpaired) electrons. The Morgan fingerprint density at radius 3 is 2.86 bits per heavy atom. The van der Waals surface area contributed by atoms with Crippen LogP contribution < -0.4 is 10.5 Å². The average molecular weight is 295 g/mol. The van der Waals surface area contributed by atoms with Crippen molar-refractivity contribution < 1.29 is 14.0 Å². The van der Waals surface area contributed by atoms with Gasteiger partial charge in [-0.1, -0.05) is 0 Å². The molecule has 1 atom stereocenters. The van der Waals surface area contributed by atoms with Gasteiger partial charge in [0.2, 0.25) is 11.5 Å². The molecule has 0 spiro atoms.